The van der Waals surface area contributed by atoms with Gasteiger partial charge in [-0.25, -0.2) is 0 Å². The van der Waals surface area contributed by atoms with E-state index in [-0.39, 0.29) is 5.91 Å². The first kappa shape index (κ1) is 19.3. The van der Waals surface area contributed by atoms with Crippen molar-refractivity contribution in [3.63, 3.8) is 0 Å². The van der Waals surface area contributed by atoms with Crippen LogP contribution in [0.25, 0.3) is 0 Å². The molecule has 1 aromatic rings. The Morgan fingerprint density at radius 3 is 2.70 bits per heavy atom. The Labute approximate surface area is 130 Å². The van der Waals surface area contributed by atoms with Crippen LogP contribution < -0.4 is 5.32 Å². The standard InChI is InChI=1S/C12H19N3OS2.C2H6/c1-15(2)6-7-17-18-10-14-12(16)8-11-4-3-5-13-9-11;1-2/h3-5,9H,6-8,10H2,1-2H3,(H,14,16);1-2H3. The van der Waals surface area contributed by atoms with Gasteiger partial charge in [0.2, 0.25) is 5.91 Å². The third kappa shape index (κ3) is 11.1. The van der Waals surface area contributed by atoms with E-state index in [0.717, 1.165) is 17.9 Å². The van der Waals surface area contributed by atoms with Gasteiger partial charge >= 0.3 is 0 Å². The van der Waals surface area contributed by atoms with Crippen LogP contribution in [0.2, 0.25) is 0 Å². The van der Waals surface area contributed by atoms with E-state index in [9.17, 15) is 4.79 Å². The second-order valence-electron chi connectivity index (χ2n) is 4.03. The van der Waals surface area contributed by atoms with Crippen LogP contribution >= 0.6 is 21.6 Å². The lowest BCUT2D eigenvalue weighted by Crippen LogP contribution is -2.24. The number of carbonyl (C=O) groups is 1. The van der Waals surface area contributed by atoms with Crippen molar-refractivity contribution in [3.8, 4) is 0 Å². The Morgan fingerprint density at radius 1 is 1.35 bits per heavy atom. The number of amides is 1. The number of hydrogen-bond donors (Lipinski definition) is 1. The molecule has 0 saturated carbocycles. The van der Waals surface area contributed by atoms with E-state index in [0.29, 0.717) is 12.3 Å². The average Bonchev–Trinajstić information content (AvgIpc) is 2.45. The molecule has 0 aliphatic heterocycles. The molecule has 114 valence electrons. The van der Waals surface area contributed by atoms with Crippen molar-refractivity contribution in [2.75, 3.05) is 32.3 Å². The number of nitrogens with one attached hydrogen (secondary N) is 1. The van der Waals surface area contributed by atoms with E-state index in [2.05, 4.69) is 29.3 Å². The smallest absolute Gasteiger partial charge is 0.225 e. The summed E-state index contributed by atoms with van der Waals surface area (Å²) in [5.74, 6) is 1.76. The third-order valence-corrected chi connectivity index (χ3v) is 4.25. The van der Waals surface area contributed by atoms with Gasteiger partial charge in [-0.2, -0.15) is 0 Å². The van der Waals surface area contributed by atoms with Gasteiger partial charge in [0.05, 0.1) is 12.3 Å². The van der Waals surface area contributed by atoms with E-state index in [1.54, 1.807) is 34.0 Å². The lowest BCUT2D eigenvalue weighted by molar-refractivity contribution is -0.120. The van der Waals surface area contributed by atoms with Crippen molar-refractivity contribution in [3.05, 3.63) is 30.1 Å². The summed E-state index contributed by atoms with van der Waals surface area (Å²) < 4.78 is 0. The van der Waals surface area contributed by atoms with Gasteiger partial charge in [0, 0.05) is 24.7 Å². The van der Waals surface area contributed by atoms with Crippen molar-refractivity contribution >= 4 is 27.5 Å². The molecule has 6 heteroatoms. The molecule has 1 N–H and O–H groups in total. The van der Waals surface area contributed by atoms with Crippen LogP contribution in [-0.4, -0.2) is 48.1 Å². The molecule has 0 saturated heterocycles. The molecule has 0 aliphatic rings. The van der Waals surface area contributed by atoms with Crippen molar-refractivity contribution in [2.45, 2.75) is 20.3 Å². The van der Waals surface area contributed by atoms with Crippen LogP contribution in [0, 0.1) is 0 Å². The summed E-state index contributed by atoms with van der Waals surface area (Å²) in [7, 11) is 7.57. The highest BCUT2D eigenvalue weighted by molar-refractivity contribution is 8.76. The highest BCUT2D eigenvalue weighted by atomic mass is 33.1. The van der Waals surface area contributed by atoms with Gasteiger partial charge in [0.15, 0.2) is 0 Å². The molecule has 0 atom stereocenters. The first-order valence-corrected chi connectivity index (χ1v) is 9.22. The van der Waals surface area contributed by atoms with E-state index >= 15 is 0 Å². The Morgan fingerprint density at radius 2 is 2.10 bits per heavy atom. The molecule has 20 heavy (non-hydrogen) atoms. The summed E-state index contributed by atoms with van der Waals surface area (Å²) in [6.45, 7) is 5.06. The van der Waals surface area contributed by atoms with Crippen molar-refractivity contribution in [1.29, 1.82) is 0 Å². The van der Waals surface area contributed by atoms with Gasteiger partial charge in [-0.3, -0.25) is 9.78 Å². The molecule has 0 fully saturated rings. The Balaban J connectivity index is 0.00000172. The van der Waals surface area contributed by atoms with Gasteiger partial charge in [-0.15, -0.1) is 0 Å². The molecule has 1 heterocycles. The second kappa shape index (κ2) is 13.3. The SMILES string of the molecule is CC.CN(C)CCSSCNC(=O)Cc1cccnc1. The fraction of sp³-hybridized carbons (Fsp3) is 0.571. The fourth-order valence-electron chi connectivity index (χ4n) is 1.18. The summed E-state index contributed by atoms with van der Waals surface area (Å²) in [6.07, 6.45) is 3.83. The van der Waals surface area contributed by atoms with Crippen LogP contribution in [0.5, 0.6) is 0 Å². The molecular formula is C14H25N3OS2. The van der Waals surface area contributed by atoms with Gasteiger partial charge in [0.25, 0.3) is 0 Å². The molecule has 1 aromatic heterocycles. The van der Waals surface area contributed by atoms with Crippen molar-refractivity contribution < 1.29 is 4.79 Å². The highest BCUT2D eigenvalue weighted by Gasteiger charge is 2.02. The maximum absolute atomic E-state index is 11.6. The first-order valence-electron chi connectivity index (χ1n) is 6.73. The normalized spacial score (nSPS) is 9.85. The molecule has 0 aliphatic carbocycles. The number of hydrogen-bond acceptors (Lipinski definition) is 5. The van der Waals surface area contributed by atoms with Crippen LogP contribution in [0.1, 0.15) is 19.4 Å². The predicted molar refractivity (Wildman–Crippen MR) is 90.9 cm³/mol. The largest absolute Gasteiger partial charge is 0.346 e. The van der Waals surface area contributed by atoms with Gasteiger partial charge in [-0.05, 0) is 25.7 Å². The fourth-order valence-corrected chi connectivity index (χ4v) is 3.05. The zero-order valence-corrected chi connectivity index (χ0v) is 14.4. The monoisotopic (exact) mass is 315 g/mol. The van der Waals surface area contributed by atoms with Crippen LogP contribution in [0.4, 0.5) is 0 Å². The molecule has 0 radical (unpaired) electrons. The lowest BCUT2D eigenvalue weighted by atomic mass is 10.2. The predicted octanol–water partition coefficient (Wildman–Crippen LogP) is 2.67. The molecule has 1 rings (SSSR count). The van der Waals surface area contributed by atoms with Gasteiger partial charge in [0.1, 0.15) is 0 Å². The molecule has 0 unspecified atom stereocenters. The summed E-state index contributed by atoms with van der Waals surface area (Å²) >= 11 is 0. The lowest BCUT2D eigenvalue weighted by Gasteiger charge is -2.08. The second-order valence-corrected chi connectivity index (χ2v) is 6.61. The van der Waals surface area contributed by atoms with E-state index in [4.69, 9.17) is 0 Å². The molecule has 4 nitrogen and oxygen atoms in total. The summed E-state index contributed by atoms with van der Waals surface area (Å²) in [6, 6.07) is 3.75. The molecule has 0 bridgehead atoms. The third-order valence-electron chi connectivity index (χ3n) is 2.12. The van der Waals surface area contributed by atoms with E-state index in [1.807, 2.05) is 26.0 Å². The maximum atomic E-state index is 11.6. The van der Waals surface area contributed by atoms with Gasteiger partial charge in [-0.1, -0.05) is 41.5 Å². The minimum absolute atomic E-state index is 0.0451. The minimum atomic E-state index is 0.0451. The summed E-state index contributed by atoms with van der Waals surface area (Å²) in [5.41, 5.74) is 0.945. The van der Waals surface area contributed by atoms with E-state index in [1.165, 1.54) is 0 Å². The zero-order chi connectivity index (χ0) is 15.2. The summed E-state index contributed by atoms with van der Waals surface area (Å²) in [4.78, 5) is 17.7. The Hall–Kier alpha value is -0.720. The quantitative estimate of drug-likeness (QED) is 0.454. The zero-order valence-electron chi connectivity index (χ0n) is 12.8. The van der Waals surface area contributed by atoms with Gasteiger partial charge < -0.3 is 10.2 Å². The average molecular weight is 316 g/mol. The van der Waals surface area contributed by atoms with Crippen LogP contribution in [0.3, 0.4) is 0 Å². The molecule has 0 aromatic carbocycles. The Bertz CT molecular complexity index is 348. The number of carbonyl (C=O) groups excluding carboxylic acids is 1. The number of rotatable bonds is 8. The van der Waals surface area contributed by atoms with E-state index < -0.39 is 0 Å². The van der Waals surface area contributed by atoms with Crippen molar-refractivity contribution in [2.24, 2.45) is 0 Å². The molecule has 0 spiro atoms. The summed E-state index contributed by atoms with van der Waals surface area (Å²) in [5, 5.41) is 2.88. The van der Waals surface area contributed by atoms with Crippen LogP contribution in [0.15, 0.2) is 24.5 Å². The maximum Gasteiger partial charge on any atom is 0.225 e. The first-order chi connectivity index (χ1) is 9.68. The van der Waals surface area contributed by atoms with Crippen molar-refractivity contribution in [1.82, 2.24) is 15.2 Å². The minimum Gasteiger partial charge on any atom is -0.346 e. The molecular weight excluding hydrogens is 290 g/mol. The Kier molecular flexibility index (Phi) is 12.8. The molecule has 1 amide bonds. The number of aromatic nitrogens is 1. The van der Waals surface area contributed by atoms with Crippen LogP contribution in [-0.2, 0) is 11.2 Å². The number of nitrogens with zero attached hydrogens (tertiary/aromatic N) is 2. The number of pyridine rings is 1. The topological polar surface area (TPSA) is 45.2 Å². The highest BCUT2D eigenvalue weighted by Crippen LogP contribution is 2.19.